The predicted octanol–water partition coefficient (Wildman–Crippen LogP) is 2.99. The molecule has 0 spiro atoms. The topological polar surface area (TPSA) is 58.6 Å². The molecule has 110 valence electrons. The van der Waals surface area contributed by atoms with E-state index in [2.05, 4.69) is 5.32 Å². The number of benzene rings is 2. The number of carbonyl (C=O) groups is 1. The first kappa shape index (κ1) is 15.3. The maximum absolute atomic E-state index is 13.0. The van der Waals surface area contributed by atoms with E-state index in [0.717, 1.165) is 0 Å². The summed E-state index contributed by atoms with van der Waals surface area (Å²) in [6, 6.07) is 10.3. The van der Waals surface area contributed by atoms with Gasteiger partial charge in [-0.05, 0) is 35.9 Å². The van der Waals surface area contributed by atoms with Gasteiger partial charge in [0.2, 0.25) is 0 Å². The Bertz CT molecular complexity index is 649. The van der Waals surface area contributed by atoms with Crippen LogP contribution in [0.4, 0.5) is 10.1 Å². The van der Waals surface area contributed by atoms with Crippen LogP contribution in [0, 0.1) is 5.82 Å². The number of aliphatic hydroxyl groups excluding tert-OH is 1. The van der Waals surface area contributed by atoms with Crippen molar-refractivity contribution in [3.8, 4) is 5.75 Å². The number of amides is 1. The molecule has 0 bridgehead atoms. The van der Waals surface area contributed by atoms with Crippen molar-refractivity contribution < 1.29 is 19.0 Å². The van der Waals surface area contributed by atoms with E-state index in [1.807, 2.05) is 0 Å². The van der Waals surface area contributed by atoms with Gasteiger partial charge >= 0.3 is 0 Å². The summed E-state index contributed by atoms with van der Waals surface area (Å²) in [5, 5.41) is 11.8. The number of carbonyl (C=O) groups excluding carboxylic acids is 1. The second-order valence-corrected chi connectivity index (χ2v) is 4.68. The standard InChI is InChI=1S/C15H13ClFNO3/c16-13-6-10(8-19)4-5-14(13)21-9-15(20)18-12-3-1-2-11(17)7-12/h1-7,19H,8-9H2,(H,18,20). The molecule has 1 amide bonds. The first-order chi connectivity index (χ1) is 10.1. The van der Waals surface area contributed by atoms with Gasteiger partial charge in [-0.15, -0.1) is 0 Å². The Kier molecular flexibility index (Phi) is 5.14. The smallest absolute Gasteiger partial charge is 0.262 e. The molecule has 0 heterocycles. The Morgan fingerprint density at radius 3 is 2.76 bits per heavy atom. The number of halogens is 2. The van der Waals surface area contributed by atoms with Crippen LogP contribution in [0.2, 0.25) is 5.02 Å². The van der Waals surface area contributed by atoms with Gasteiger partial charge < -0.3 is 15.2 Å². The summed E-state index contributed by atoms with van der Waals surface area (Å²) in [6.45, 7) is -0.380. The van der Waals surface area contributed by atoms with Gasteiger partial charge in [0.25, 0.3) is 5.91 Å². The molecule has 0 unspecified atom stereocenters. The van der Waals surface area contributed by atoms with E-state index in [9.17, 15) is 9.18 Å². The molecule has 21 heavy (non-hydrogen) atoms. The number of nitrogens with one attached hydrogen (secondary N) is 1. The maximum Gasteiger partial charge on any atom is 0.262 e. The fourth-order valence-corrected chi connectivity index (χ4v) is 1.92. The number of aliphatic hydroxyl groups is 1. The third-order valence-electron chi connectivity index (χ3n) is 2.65. The Morgan fingerprint density at radius 2 is 2.10 bits per heavy atom. The number of rotatable bonds is 5. The largest absolute Gasteiger partial charge is 0.482 e. The van der Waals surface area contributed by atoms with Crippen LogP contribution in [0.25, 0.3) is 0 Å². The molecular weight excluding hydrogens is 297 g/mol. The zero-order valence-corrected chi connectivity index (χ0v) is 11.7. The molecule has 0 aliphatic heterocycles. The maximum atomic E-state index is 13.0. The van der Waals surface area contributed by atoms with Crippen LogP contribution >= 0.6 is 11.6 Å². The van der Waals surface area contributed by atoms with Crippen LogP contribution < -0.4 is 10.1 Å². The van der Waals surface area contributed by atoms with Crippen molar-refractivity contribution in [2.24, 2.45) is 0 Å². The Hall–Kier alpha value is -2.11. The summed E-state index contributed by atoms with van der Waals surface area (Å²) in [7, 11) is 0. The van der Waals surface area contributed by atoms with Crippen molar-refractivity contribution in [2.45, 2.75) is 6.61 Å². The monoisotopic (exact) mass is 309 g/mol. The first-order valence-corrected chi connectivity index (χ1v) is 6.54. The lowest BCUT2D eigenvalue weighted by molar-refractivity contribution is -0.118. The molecule has 0 aliphatic carbocycles. The number of hydrogen-bond acceptors (Lipinski definition) is 3. The minimum absolute atomic E-state index is 0.125. The summed E-state index contributed by atoms with van der Waals surface area (Å²) < 4.78 is 18.3. The molecule has 0 radical (unpaired) electrons. The highest BCUT2D eigenvalue weighted by atomic mass is 35.5. The molecule has 2 rings (SSSR count). The van der Waals surface area contributed by atoms with Gasteiger partial charge in [0.1, 0.15) is 11.6 Å². The van der Waals surface area contributed by atoms with Crippen LogP contribution in [0.1, 0.15) is 5.56 Å². The van der Waals surface area contributed by atoms with Crippen molar-refractivity contribution >= 4 is 23.2 Å². The van der Waals surface area contributed by atoms with Crippen molar-refractivity contribution in [1.82, 2.24) is 0 Å². The minimum atomic E-state index is -0.434. The molecule has 4 nitrogen and oxygen atoms in total. The van der Waals surface area contributed by atoms with Gasteiger partial charge in [-0.1, -0.05) is 23.7 Å². The number of anilines is 1. The fourth-order valence-electron chi connectivity index (χ4n) is 1.67. The van der Waals surface area contributed by atoms with Gasteiger partial charge in [-0.3, -0.25) is 4.79 Å². The molecule has 0 saturated heterocycles. The second kappa shape index (κ2) is 7.06. The second-order valence-electron chi connectivity index (χ2n) is 4.27. The molecule has 0 atom stereocenters. The average Bonchev–Trinajstić information content (AvgIpc) is 2.46. The van der Waals surface area contributed by atoms with E-state index >= 15 is 0 Å². The Balaban J connectivity index is 1.92. The first-order valence-electron chi connectivity index (χ1n) is 6.16. The van der Waals surface area contributed by atoms with Gasteiger partial charge in [-0.25, -0.2) is 4.39 Å². The molecule has 0 fully saturated rings. The minimum Gasteiger partial charge on any atom is -0.482 e. The lowest BCUT2D eigenvalue weighted by Gasteiger charge is -2.09. The van der Waals surface area contributed by atoms with Gasteiger partial charge in [-0.2, -0.15) is 0 Å². The lowest BCUT2D eigenvalue weighted by Crippen LogP contribution is -2.20. The highest BCUT2D eigenvalue weighted by Crippen LogP contribution is 2.25. The summed E-state index contributed by atoms with van der Waals surface area (Å²) in [4.78, 5) is 11.7. The molecule has 6 heteroatoms. The summed E-state index contributed by atoms with van der Waals surface area (Å²) in [5.74, 6) is -0.525. The summed E-state index contributed by atoms with van der Waals surface area (Å²) >= 11 is 5.96. The fraction of sp³-hybridized carbons (Fsp3) is 0.133. The Labute approximate surface area is 126 Å². The van der Waals surface area contributed by atoms with E-state index < -0.39 is 11.7 Å². The van der Waals surface area contributed by atoms with Crippen LogP contribution in [0.5, 0.6) is 5.75 Å². The van der Waals surface area contributed by atoms with Crippen molar-refractivity contribution in [3.63, 3.8) is 0 Å². The zero-order valence-electron chi connectivity index (χ0n) is 11.0. The van der Waals surface area contributed by atoms with E-state index in [1.54, 1.807) is 24.3 Å². The van der Waals surface area contributed by atoms with E-state index in [-0.39, 0.29) is 13.2 Å². The highest BCUT2D eigenvalue weighted by molar-refractivity contribution is 6.32. The third-order valence-corrected chi connectivity index (χ3v) is 2.94. The van der Waals surface area contributed by atoms with E-state index in [1.165, 1.54) is 18.2 Å². The molecule has 0 aromatic heterocycles. The quantitative estimate of drug-likeness (QED) is 0.892. The Morgan fingerprint density at radius 1 is 1.29 bits per heavy atom. The summed E-state index contributed by atoms with van der Waals surface area (Å²) in [5.41, 5.74) is 1.00. The van der Waals surface area contributed by atoms with Crippen LogP contribution in [0.15, 0.2) is 42.5 Å². The lowest BCUT2D eigenvalue weighted by atomic mass is 10.2. The van der Waals surface area contributed by atoms with Crippen LogP contribution in [-0.2, 0) is 11.4 Å². The van der Waals surface area contributed by atoms with Gasteiger partial charge in [0.05, 0.1) is 11.6 Å². The highest BCUT2D eigenvalue weighted by Gasteiger charge is 2.07. The molecule has 2 N–H and O–H groups in total. The normalized spacial score (nSPS) is 10.2. The predicted molar refractivity (Wildman–Crippen MR) is 77.9 cm³/mol. The van der Waals surface area contributed by atoms with Crippen LogP contribution in [-0.4, -0.2) is 17.6 Å². The SMILES string of the molecule is O=C(COc1ccc(CO)cc1Cl)Nc1cccc(F)c1. The number of hydrogen-bond donors (Lipinski definition) is 2. The van der Waals surface area contributed by atoms with E-state index in [4.69, 9.17) is 21.4 Å². The molecule has 0 saturated carbocycles. The van der Waals surface area contributed by atoms with Crippen molar-refractivity contribution in [3.05, 3.63) is 58.9 Å². The number of ether oxygens (including phenoxy) is 1. The third kappa shape index (κ3) is 4.44. The van der Waals surface area contributed by atoms with Gasteiger partial charge in [0.15, 0.2) is 6.61 Å². The molecule has 0 aliphatic rings. The van der Waals surface area contributed by atoms with Gasteiger partial charge in [0, 0.05) is 5.69 Å². The molecule has 2 aromatic carbocycles. The summed E-state index contributed by atoms with van der Waals surface area (Å²) in [6.07, 6.45) is 0. The molecular formula is C15H13ClFNO3. The molecule has 2 aromatic rings. The van der Waals surface area contributed by atoms with Crippen molar-refractivity contribution in [2.75, 3.05) is 11.9 Å². The van der Waals surface area contributed by atoms with Crippen molar-refractivity contribution in [1.29, 1.82) is 0 Å². The van der Waals surface area contributed by atoms with Crippen LogP contribution in [0.3, 0.4) is 0 Å². The average molecular weight is 310 g/mol. The zero-order chi connectivity index (χ0) is 15.2. The van der Waals surface area contributed by atoms with E-state index in [0.29, 0.717) is 22.0 Å².